The van der Waals surface area contributed by atoms with E-state index in [1.165, 1.54) is 0 Å². The number of nitrogens with one attached hydrogen (secondary N) is 1. The van der Waals surface area contributed by atoms with Crippen LogP contribution in [0.3, 0.4) is 0 Å². The predicted molar refractivity (Wildman–Crippen MR) is 72.3 cm³/mol. The summed E-state index contributed by atoms with van der Waals surface area (Å²) < 4.78 is 0. The van der Waals surface area contributed by atoms with E-state index in [9.17, 15) is 4.79 Å². The fraction of sp³-hybridized carbons (Fsp3) is 0.417. The molecule has 3 nitrogen and oxygen atoms in total. The second-order valence-corrected chi connectivity index (χ2v) is 5.35. The Morgan fingerprint density at radius 1 is 1.53 bits per heavy atom. The third-order valence-corrected chi connectivity index (χ3v) is 4.32. The van der Waals surface area contributed by atoms with Crippen LogP contribution in [-0.4, -0.2) is 36.7 Å². The van der Waals surface area contributed by atoms with Gasteiger partial charge in [0.25, 0.3) is 0 Å². The molecule has 2 rings (SSSR count). The average molecular weight is 271 g/mol. The van der Waals surface area contributed by atoms with Crippen molar-refractivity contribution in [2.75, 3.05) is 25.9 Å². The highest BCUT2D eigenvalue weighted by Crippen LogP contribution is 2.40. The molecule has 1 aromatic carbocycles. The highest BCUT2D eigenvalue weighted by atomic mass is 35.5. The lowest BCUT2D eigenvalue weighted by Gasteiger charge is -2.24. The Hall–Kier alpha value is -0.710. The number of likely N-dealkylation sites (N-methyl/N-ethyl adjacent to an activating group) is 1. The fourth-order valence-electron chi connectivity index (χ4n) is 1.86. The number of rotatable bonds is 4. The van der Waals surface area contributed by atoms with Gasteiger partial charge in [-0.1, -0.05) is 29.8 Å². The van der Waals surface area contributed by atoms with E-state index in [-0.39, 0.29) is 11.3 Å². The molecule has 0 unspecified atom stereocenters. The summed E-state index contributed by atoms with van der Waals surface area (Å²) in [7, 11) is 1.89. The van der Waals surface area contributed by atoms with Gasteiger partial charge in [-0.05, 0) is 13.1 Å². The first-order chi connectivity index (χ1) is 8.24. The van der Waals surface area contributed by atoms with Crippen molar-refractivity contribution in [3.8, 4) is 0 Å². The van der Waals surface area contributed by atoms with Crippen LogP contribution in [0.4, 0.5) is 0 Å². The van der Waals surface area contributed by atoms with Gasteiger partial charge in [0.2, 0.25) is 5.91 Å². The summed E-state index contributed by atoms with van der Waals surface area (Å²) in [6, 6.07) is 7.73. The zero-order chi connectivity index (χ0) is 12.3. The second kappa shape index (κ2) is 5.76. The van der Waals surface area contributed by atoms with Crippen LogP contribution >= 0.6 is 23.4 Å². The van der Waals surface area contributed by atoms with Gasteiger partial charge in [0.15, 0.2) is 0 Å². The molecule has 1 fully saturated rings. The van der Waals surface area contributed by atoms with Gasteiger partial charge in [0, 0.05) is 23.7 Å². The number of nitrogens with zero attached hydrogens (tertiary/aromatic N) is 1. The van der Waals surface area contributed by atoms with Crippen LogP contribution in [0.1, 0.15) is 10.9 Å². The Bertz CT molecular complexity index is 413. The minimum Gasteiger partial charge on any atom is -0.325 e. The van der Waals surface area contributed by atoms with Gasteiger partial charge in [0.1, 0.15) is 5.37 Å². The van der Waals surface area contributed by atoms with E-state index in [4.69, 9.17) is 11.6 Å². The Morgan fingerprint density at radius 2 is 2.29 bits per heavy atom. The SMILES string of the molecule is CNCCN1C(=O)CS[C@H]1c1ccccc1Cl. The number of amides is 1. The number of halogens is 1. The van der Waals surface area contributed by atoms with Gasteiger partial charge < -0.3 is 10.2 Å². The molecule has 92 valence electrons. The van der Waals surface area contributed by atoms with Crippen LogP contribution in [0, 0.1) is 0 Å². The van der Waals surface area contributed by atoms with Crippen molar-refractivity contribution < 1.29 is 4.79 Å². The molecule has 1 aromatic rings. The van der Waals surface area contributed by atoms with Gasteiger partial charge in [-0.2, -0.15) is 0 Å². The molecule has 17 heavy (non-hydrogen) atoms. The van der Waals surface area contributed by atoms with Crippen LogP contribution in [-0.2, 0) is 4.79 Å². The number of thioether (sulfide) groups is 1. The smallest absolute Gasteiger partial charge is 0.233 e. The zero-order valence-electron chi connectivity index (χ0n) is 9.65. The summed E-state index contributed by atoms with van der Waals surface area (Å²) in [5.41, 5.74) is 1.03. The van der Waals surface area contributed by atoms with E-state index in [0.29, 0.717) is 5.75 Å². The molecular formula is C12H15ClN2OS. The number of hydrogen-bond donors (Lipinski definition) is 1. The monoisotopic (exact) mass is 270 g/mol. The maximum atomic E-state index is 11.8. The average Bonchev–Trinajstić information content (AvgIpc) is 2.69. The molecule has 0 bridgehead atoms. The van der Waals surface area contributed by atoms with Crippen LogP contribution in [0.15, 0.2) is 24.3 Å². The third-order valence-electron chi connectivity index (χ3n) is 2.74. The molecule has 1 saturated heterocycles. The fourth-order valence-corrected chi connectivity index (χ4v) is 3.42. The lowest BCUT2D eigenvalue weighted by molar-refractivity contribution is -0.127. The van der Waals surface area contributed by atoms with Crippen molar-refractivity contribution >= 4 is 29.3 Å². The van der Waals surface area contributed by atoms with Gasteiger partial charge in [-0.3, -0.25) is 4.79 Å². The van der Waals surface area contributed by atoms with Gasteiger partial charge >= 0.3 is 0 Å². The lowest BCUT2D eigenvalue weighted by Crippen LogP contribution is -2.34. The van der Waals surface area contributed by atoms with Gasteiger partial charge in [0.05, 0.1) is 5.75 Å². The Morgan fingerprint density at radius 3 is 3.00 bits per heavy atom. The largest absolute Gasteiger partial charge is 0.325 e. The van der Waals surface area contributed by atoms with Crippen molar-refractivity contribution in [3.63, 3.8) is 0 Å². The van der Waals surface area contributed by atoms with E-state index in [1.54, 1.807) is 11.8 Å². The first-order valence-electron chi connectivity index (χ1n) is 5.54. The minimum absolute atomic E-state index is 0.0598. The van der Waals surface area contributed by atoms with Gasteiger partial charge in [-0.15, -0.1) is 11.8 Å². The van der Waals surface area contributed by atoms with E-state index in [1.807, 2.05) is 36.2 Å². The quantitative estimate of drug-likeness (QED) is 0.910. The molecule has 0 saturated carbocycles. The summed E-state index contributed by atoms with van der Waals surface area (Å²) in [6.07, 6.45) is 0. The normalized spacial score (nSPS) is 20.0. The van der Waals surface area contributed by atoms with Gasteiger partial charge in [-0.25, -0.2) is 0 Å². The van der Waals surface area contributed by atoms with Crippen molar-refractivity contribution in [2.45, 2.75) is 5.37 Å². The Labute approximate surface area is 111 Å². The maximum absolute atomic E-state index is 11.8. The van der Waals surface area contributed by atoms with E-state index < -0.39 is 0 Å². The summed E-state index contributed by atoms with van der Waals surface area (Å²) in [4.78, 5) is 13.7. The third kappa shape index (κ3) is 2.76. The summed E-state index contributed by atoms with van der Waals surface area (Å²) in [6.45, 7) is 1.52. The second-order valence-electron chi connectivity index (χ2n) is 3.88. The summed E-state index contributed by atoms with van der Waals surface area (Å²) in [5, 5.41) is 3.86. The molecule has 1 atom stereocenters. The van der Waals surface area contributed by atoms with E-state index >= 15 is 0 Å². The first kappa shape index (κ1) is 12.7. The van der Waals surface area contributed by atoms with Crippen molar-refractivity contribution in [1.29, 1.82) is 0 Å². The molecule has 5 heteroatoms. The van der Waals surface area contributed by atoms with Crippen LogP contribution in [0.25, 0.3) is 0 Å². The lowest BCUT2D eigenvalue weighted by atomic mass is 10.2. The Balaban J connectivity index is 2.19. The van der Waals surface area contributed by atoms with Crippen molar-refractivity contribution in [3.05, 3.63) is 34.9 Å². The molecular weight excluding hydrogens is 256 g/mol. The topological polar surface area (TPSA) is 32.3 Å². The molecule has 1 N–H and O–H groups in total. The highest BCUT2D eigenvalue weighted by Gasteiger charge is 2.33. The highest BCUT2D eigenvalue weighted by molar-refractivity contribution is 8.00. The molecule has 1 aliphatic rings. The summed E-state index contributed by atoms with van der Waals surface area (Å²) >= 11 is 7.82. The van der Waals surface area contributed by atoms with Crippen molar-refractivity contribution in [2.24, 2.45) is 0 Å². The number of benzene rings is 1. The predicted octanol–water partition coefficient (Wildman–Crippen LogP) is 2.13. The zero-order valence-corrected chi connectivity index (χ0v) is 11.2. The maximum Gasteiger partial charge on any atom is 0.233 e. The van der Waals surface area contributed by atoms with Crippen LogP contribution < -0.4 is 5.32 Å². The first-order valence-corrected chi connectivity index (χ1v) is 6.97. The molecule has 0 radical (unpaired) electrons. The number of carbonyl (C=O) groups excluding carboxylic acids is 1. The van der Waals surface area contributed by atoms with E-state index in [0.717, 1.165) is 23.7 Å². The standard InChI is InChI=1S/C12H15ClN2OS/c1-14-6-7-15-11(16)8-17-12(15)9-4-2-3-5-10(9)13/h2-5,12,14H,6-8H2,1H3/t12-/m0/s1. The molecule has 1 amide bonds. The van der Waals surface area contributed by atoms with Crippen LogP contribution in [0.5, 0.6) is 0 Å². The summed E-state index contributed by atoms with van der Waals surface area (Å²) in [5.74, 6) is 0.731. The number of carbonyl (C=O) groups is 1. The molecule has 1 aliphatic heterocycles. The van der Waals surface area contributed by atoms with Crippen molar-refractivity contribution in [1.82, 2.24) is 10.2 Å². The molecule has 0 spiro atoms. The molecule has 0 aromatic heterocycles. The molecule has 0 aliphatic carbocycles. The van der Waals surface area contributed by atoms with E-state index in [2.05, 4.69) is 5.32 Å². The van der Waals surface area contributed by atoms with Crippen LogP contribution in [0.2, 0.25) is 5.02 Å². The molecule has 1 heterocycles. The number of hydrogen-bond acceptors (Lipinski definition) is 3. The Kier molecular flexibility index (Phi) is 4.31. The minimum atomic E-state index is 0.0598.